The van der Waals surface area contributed by atoms with Crippen molar-refractivity contribution in [2.24, 2.45) is 17.3 Å². The third-order valence-corrected chi connectivity index (χ3v) is 4.30. The van der Waals surface area contributed by atoms with Gasteiger partial charge in [0.05, 0.1) is 5.41 Å². The number of rotatable bonds is 8. The van der Waals surface area contributed by atoms with Crippen LogP contribution in [-0.2, 0) is 4.79 Å². The standard InChI is InChI=1S/C14H25NO2/c1-3-14(2,13(16)17)10-15(8-11-4-5-11)9-12-6-7-12/h11-12H,3-10H2,1-2H3,(H,16,17). The highest BCUT2D eigenvalue weighted by atomic mass is 16.4. The van der Waals surface area contributed by atoms with E-state index in [1.165, 1.54) is 25.7 Å². The predicted molar refractivity (Wildman–Crippen MR) is 67.9 cm³/mol. The van der Waals surface area contributed by atoms with Gasteiger partial charge in [0.25, 0.3) is 0 Å². The molecule has 0 radical (unpaired) electrons. The molecule has 98 valence electrons. The van der Waals surface area contributed by atoms with Crippen molar-refractivity contribution in [3.8, 4) is 0 Å². The number of hydrogen-bond donors (Lipinski definition) is 1. The Balaban J connectivity index is 1.90. The molecule has 3 heteroatoms. The Morgan fingerprint density at radius 1 is 1.24 bits per heavy atom. The minimum Gasteiger partial charge on any atom is -0.481 e. The van der Waals surface area contributed by atoms with Crippen LogP contribution in [0.5, 0.6) is 0 Å². The van der Waals surface area contributed by atoms with Crippen LogP contribution >= 0.6 is 0 Å². The Morgan fingerprint density at radius 3 is 2.00 bits per heavy atom. The van der Waals surface area contributed by atoms with Gasteiger partial charge in [-0.25, -0.2) is 0 Å². The number of carboxylic acids is 1. The molecule has 2 aliphatic rings. The average Bonchev–Trinajstić information content (AvgIpc) is 3.13. The summed E-state index contributed by atoms with van der Waals surface area (Å²) in [5.74, 6) is 1.06. The molecular formula is C14H25NO2. The maximum Gasteiger partial charge on any atom is 0.310 e. The molecule has 3 nitrogen and oxygen atoms in total. The van der Waals surface area contributed by atoms with Gasteiger partial charge in [0.2, 0.25) is 0 Å². The molecule has 2 saturated carbocycles. The van der Waals surface area contributed by atoms with Crippen LogP contribution in [0.1, 0.15) is 46.0 Å². The summed E-state index contributed by atoms with van der Waals surface area (Å²) in [5.41, 5.74) is -0.566. The average molecular weight is 239 g/mol. The van der Waals surface area contributed by atoms with Crippen LogP contribution in [0.25, 0.3) is 0 Å². The molecule has 2 aliphatic carbocycles. The number of carboxylic acid groups (broad SMARTS) is 1. The van der Waals surface area contributed by atoms with E-state index >= 15 is 0 Å². The van der Waals surface area contributed by atoms with Crippen molar-refractivity contribution in [2.75, 3.05) is 19.6 Å². The Morgan fingerprint density at radius 2 is 1.71 bits per heavy atom. The lowest BCUT2D eigenvalue weighted by Crippen LogP contribution is -2.42. The van der Waals surface area contributed by atoms with Gasteiger partial charge in [-0.05, 0) is 50.9 Å². The predicted octanol–water partition coefficient (Wildman–Crippen LogP) is 2.61. The lowest BCUT2D eigenvalue weighted by Gasteiger charge is -2.32. The minimum atomic E-state index is -0.642. The smallest absolute Gasteiger partial charge is 0.310 e. The number of hydrogen-bond acceptors (Lipinski definition) is 2. The van der Waals surface area contributed by atoms with Crippen molar-refractivity contribution in [1.29, 1.82) is 0 Å². The van der Waals surface area contributed by atoms with Crippen molar-refractivity contribution in [2.45, 2.75) is 46.0 Å². The number of aliphatic carboxylic acids is 1. The van der Waals surface area contributed by atoms with E-state index in [-0.39, 0.29) is 0 Å². The van der Waals surface area contributed by atoms with Crippen molar-refractivity contribution in [3.05, 3.63) is 0 Å². The van der Waals surface area contributed by atoms with Gasteiger partial charge >= 0.3 is 5.97 Å². The molecule has 0 heterocycles. The third kappa shape index (κ3) is 3.70. The highest BCUT2D eigenvalue weighted by Crippen LogP contribution is 2.35. The molecule has 1 atom stereocenters. The van der Waals surface area contributed by atoms with E-state index in [1.54, 1.807) is 0 Å². The van der Waals surface area contributed by atoms with Gasteiger partial charge in [0.1, 0.15) is 0 Å². The van der Waals surface area contributed by atoms with Crippen LogP contribution in [0, 0.1) is 17.3 Å². The second kappa shape index (κ2) is 4.97. The summed E-state index contributed by atoms with van der Waals surface area (Å²) in [7, 11) is 0. The molecule has 0 spiro atoms. The molecule has 17 heavy (non-hydrogen) atoms. The maximum atomic E-state index is 11.4. The zero-order chi connectivity index (χ0) is 12.5. The summed E-state index contributed by atoms with van der Waals surface area (Å²) >= 11 is 0. The minimum absolute atomic E-state index is 0.566. The summed E-state index contributed by atoms with van der Waals surface area (Å²) in [6.45, 7) is 6.85. The number of carbonyl (C=O) groups is 1. The highest BCUT2D eigenvalue weighted by Gasteiger charge is 2.37. The molecule has 0 aromatic heterocycles. The zero-order valence-electron chi connectivity index (χ0n) is 11.1. The first-order valence-electron chi connectivity index (χ1n) is 6.99. The van der Waals surface area contributed by atoms with E-state index in [4.69, 9.17) is 0 Å². The van der Waals surface area contributed by atoms with Crippen LogP contribution in [0.3, 0.4) is 0 Å². The largest absolute Gasteiger partial charge is 0.481 e. The van der Waals surface area contributed by atoms with Crippen molar-refractivity contribution < 1.29 is 9.90 Å². The first kappa shape index (κ1) is 12.9. The van der Waals surface area contributed by atoms with Gasteiger partial charge in [-0.1, -0.05) is 6.92 Å². The fraction of sp³-hybridized carbons (Fsp3) is 0.929. The lowest BCUT2D eigenvalue weighted by molar-refractivity contribution is -0.149. The summed E-state index contributed by atoms with van der Waals surface area (Å²) in [6, 6.07) is 0. The van der Waals surface area contributed by atoms with Gasteiger partial charge in [0.15, 0.2) is 0 Å². The van der Waals surface area contributed by atoms with E-state index in [2.05, 4.69) is 4.90 Å². The van der Waals surface area contributed by atoms with Gasteiger partial charge in [-0.2, -0.15) is 0 Å². The van der Waals surface area contributed by atoms with Crippen LogP contribution in [-0.4, -0.2) is 35.6 Å². The maximum absolute atomic E-state index is 11.4. The van der Waals surface area contributed by atoms with Crippen molar-refractivity contribution in [3.63, 3.8) is 0 Å². The molecule has 1 unspecified atom stereocenters. The fourth-order valence-electron chi connectivity index (χ4n) is 2.36. The van der Waals surface area contributed by atoms with Crippen LogP contribution in [0.15, 0.2) is 0 Å². The first-order valence-corrected chi connectivity index (χ1v) is 6.99. The van der Waals surface area contributed by atoms with E-state index < -0.39 is 11.4 Å². The Bertz CT molecular complexity index is 270. The molecule has 2 rings (SSSR count). The van der Waals surface area contributed by atoms with E-state index in [0.717, 1.165) is 31.5 Å². The first-order chi connectivity index (χ1) is 8.03. The van der Waals surface area contributed by atoms with E-state index in [1.807, 2.05) is 13.8 Å². The third-order valence-electron chi connectivity index (χ3n) is 4.30. The molecule has 1 N–H and O–H groups in total. The SMILES string of the molecule is CCC(C)(CN(CC1CC1)CC1CC1)C(=O)O. The second-order valence-corrected chi connectivity index (χ2v) is 6.30. The molecule has 0 aliphatic heterocycles. The summed E-state index contributed by atoms with van der Waals surface area (Å²) < 4.78 is 0. The monoisotopic (exact) mass is 239 g/mol. The molecule has 0 aromatic carbocycles. The van der Waals surface area contributed by atoms with Gasteiger partial charge < -0.3 is 10.0 Å². The van der Waals surface area contributed by atoms with E-state index in [9.17, 15) is 9.90 Å². The molecule has 0 aromatic rings. The highest BCUT2D eigenvalue weighted by molar-refractivity contribution is 5.74. The topological polar surface area (TPSA) is 40.5 Å². The Kier molecular flexibility index (Phi) is 3.76. The van der Waals surface area contributed by atoms with Crippen LogP contribution in [0.4, 0.5) is 0 Å². The van der Waals surface area contributed by atoms with Gasteiger partial charge in [-0.3, -0.25) is 4.79 Å². The summed E-state index contributed by atoms with van der Waals surface area (Å²) in [4.78, 5) is 13.8. The van der Waals surface area contributed by atoms with Gasteiger partial charge in [-0.15, -0.1) is 0 Å². The second-order valence-electron chi connectivity index (χ2n) is 6.30. The van der Waals surface area contributed by atoms with Gasteiger partial charge in [0, 0.05) is 19.6 Å². The van der Waals surface area contributed by atoms with Crippen LogP contribution in [0.2, 0.25) is 0 Å². The summed E-state index contributed by atoms with van der Waals surface area (Å²) in [5, 5.41) is 9.35. The molecule has 0 amide bonds. The zero-order valence-corrected chi connectivity index (χ0v) is 11.1. The number of nitrogens with zero attached hydrogens (tertiary/aromatic N) is 1. The normalized spacial score (nSPS) is 23.7. The molecule has 0 bridgehead atoms. The van der Waals surface area contributed by atoms with Crippen molar-refractivity contribution >= 4 is 5.97 Å². The van der Waals surface area contributed by atoms with E-state index in [0.29, 0.717) is 6.42 Å². The fourth-order valence-corrected chi connectivity index (χ4v) is 2.36. The van der Waals surface area contributed by atoms with Crippen LogP contribution < -0.4 is 0 Å². The lowest BCUT2D eigenvalue weighted by atomic mass is 9.87. The Labute approximate surface area is 104 Å². The molecule has 0 saturated heterocycles. The summed E-state index contributed by atoms with van der Waals surface area (Å²) in [6.07, 6.45) is 6.09. The van der Waals surface area contributed by atoms with Crippen molar-refractivity contribution in [1.82, 2.24) is 4.90 Å². The molecule has 2 fully saturated rings. The quantitative estimate of drug-likeness (QED) is 0.708. The Hall–Kier alpha value is -0.570. The molecular weight excluding hydrogens is 214 g/mol.